The summed E-state index contributed by atoms with van der Waals surface area (Å²) in [6.07, 6.45) is 0.246. The van der Waals surface area contributed by atoms with E-state index in [-0.39, 0.29) is 28.4 Å². The van der Waals surface area contributed by atoms with Gasteiger partial charge in [0.05, 0.1) is 18.6 Å². The first kappa shape index (κ1) is 23.1. The Balaban J connectivity index is 2.08. The summed E-state index contributed by atoms with van der Waals surface area (Å²) >= 11 is 0. The molecule has 0 bridgehead atoms. The van der Waals surface area contributed by atoms with Crippen molar-refractivity contribution in [3.8, 4) is 0 Å². The number of rotatable bonds is 6. The van der Waals surface area contributed by atoms with Gasteiger partial charge >= 0.3 is 6.09 Å². The zero-order chi connectivity index (χ0) is 21.6. The van der Waals surface area contributed by atoms with Crippen molar-refractivity contribution in [2.75, 3.05) is 46.9 Å². The number of hydrogen-bond donors (Lipinski definition) is 0. The first-order chi connectivity index (χ1) is 13.7. The summed E-state index contributed by atoms with van der Waals surface area (Å²) in [5.74, 6) is -0.0239. The lowest BCUT2D eigenvalue weighted by Gasteiger charge is -2.22. The molecule has 0 radical (unpaired) electrons. The number of ether oxygens (including phenoxy) is 1. The van der Waals surface area contributed by atoms with Gasteiger partial charge in [-0.2, -0.15) is 0 Å². The Morgan fingerprint density at radius 1 is 1.14 bits per heavy atom. The molecule has 1 heterocycles. The summed E-state index contributed by atoms with van der Waals surface area (Å²) < 4.78 is 30.8. The lowest BCUT2D eigenvalue weighted by molar-refractivity contribution is -0.0258. The van der Waals surface area contributed by atoms with E-state index >= 15 is 0 Å². The highest BCUT2D eigenvalue weighted by Gasteiger charge is 2.26. The Hall–Kier alpha value is -2.17. The minimum Gasteiger partial charge on any atom is -0.449 e. The molecule has 0 spiro atoms. The van der Waals surface area contributed by atoms with Gasteiger partial charge in [-0.15, -0.1) is 0 Å². The van der Waals surface area contributed by atoms with Gasteiger partial charge < -0.3 is 14.5 Å². The van der Waals surface area contributed by atoms with E-state index in [0.717, 1.165) is 4.47 Å². The van der Waals surface area contributed by atoms with Gasteiger partial charge in [0.1, 0.15) is 0 Å². The van der Waals surface area contributed by atoms with Crippen molar-refractivity contribution in [2.45, 2.75) is 25.2 Å². The zero-order valence-electron chi connectivity index (χ0n) is 17.3. The second-order valence-corrected chi connectivity index (χ2v) is 9.16. The van der Waals surface area contributed by atoms with Crippen LogP contribution in [-0.2, 0) is 19.6 Å². The standard InChI is InChI=1S/C19H29N3O6S/c1-15(2)14-28-19(24)22-10-6-9-21(11-12-22)18(23)16-7-5-8-17(13-16)29(25,26)20(3)27-4/h5,7-8,13,15H,6,9-12,14H2,1-4H3. The first-order valence-corrected chi connectivity index (χ1v) is 10.9. The molecule has 0 unspecified atom stereocenters. The number of amides is 2. The summed E-state index contributed by atoms with van der Waals surface area (Å²) in [5, 5.41) is 0. The average molecular weight is 428 g/mol. The Morgan fingerprint density at radius 3 is 2.45 bits per heavy atom. The quantitative estimate of drug-likeness (QED) is 0.643. The van der Waals surface area contributed by atoms with Crippen LogP contribution in [0.15, 0.2) is 29.2 Å². The molecule has 2 amide bonds. The predicted octanol–water partition coefficient (Wildman–Crippen LogP) is 1.81. The van der Waals surface area contributed by atoms with Gasteiger partial charge in [0, 0.05) is 38.8 Å². The summed E-state index contributed by atoms with van der Waals surface area (Å²) in [6, 6.07) is 5.86. The number of nitrogens with zero attached hydrogens (tertiary/aromatic N) is 3. The molecule has 1 aromatic carbocycles. The Bertz CT molecular complexity index is 827. The van der Waals surface area contributed by atoms with E-state index in [0.29, 0.717) is 39.2 Å². The molecular formula is C19H29N3O6S. The van der Waals surface area contributed by atoms with Gasteiger partial charge in [-0.1, -0.05) is 24.4 Å². The van der Waals surface area contributed by atoms with Crippen LogP contribution in [0.1, 0.15) is 30.6 Å². The van der Waals surface area contributed by atoms with Crippen LogP contribution >= 0.6 is 0 Å². The van der Waals surface area contributed by atoms with Crippen LogP contribution in [0.4, 0.5) is 4.79 Å². The third-order valence-corrected chi connectivity index (χ3v) is 6.23. The van der Waals surface area contributed by atoms with Gasteiger partial charge in [-0.3, -0.25) is 9.63 Å². The SMILES string of the molecule is CON(C)S(=O)(=O)c1cccc(C(=O)N2CCCN(C(=O)OCC(C)C)CC2)c1. The summed E-state index contributed by atoms with van der Waals surface area (Å²) in [5.41, 5.74) is 0.270. The maximum atomic E-state index is 12.9. The zero-order valence-corrected chi connectivity index (χ0v) is 18.1. The molecule has 1 aliphatic rings. The molecule has 1 aliphatic heterocycles. The summed E-state index contributed by atoms with van der Waals surface area (Å²) in [7, 11) is -1.31. The van der Waals surface area contributed by atoms with Crippen LogP contribution in [0.2, 0.25) is 0 Å². The topological polar surface area (TPSA) is 96.5 Å². The van der Waals surface area contributed by atoms with Gasteiger partial charge in [-0.05, 0) is 30.5 Å². The minimum atomic E-state index is -3.85. The van der Waals surface area contributed by atoms with Crippen molar-refractivity contribution in [3.63, 3.8) is 0 Å². The van der Waals surface area contributed by atoms with Crippen LogP contribution < -0.4 is 0 Å². The third kappa shape index (κ3) is 5.91. The van der Waals surface area contributed by atoms with Crippen molar-refractivity contribution >= 4 is 22.0 Å². The Morgan fingerprint density at radius 2 is 1.79 bits per heavy atom. The van der Waals surface area contributed by atoms with Crippen molar-refractivity contribution in [2.24, 2.45) is 5.92 Å². The highest BCUT2D eigenvalue weighted by molar-refractivity contribution is 7.89. The molecule has 29 heavy (non-hydrogen) atoms. The third-order valence-electron chi connectivity index (χ3n) is 4.56. The lowest BCUT2D eigenvalue weighted by atomic mass is 10.2. The van der Waals surface area contributed by atoms with E-state index in [2.05, 4.69) is 0 Å². The number of hydrogen-bond acceptors (Lipinski definition) is 6. The molecule has 1 saturated heterocycles. The van der Waals surface area contributed by atoms with Gasteiger partial charge in [0.2, 0.25) is 0 Å². The second kappa shape index (κ2) is 10.0. The normalized spacial score (nSPS) is 15.5. The average Bonchev–Trinajstić information content (AvgIpc) is 2.97. The van der Waals surface area contributed by atoms with E-state index in [9.17, 15) is 18.0 Å². The first-order valence-electron chi connectivity index (χ1n) is 9.51. The number of carbonyl (C=O) groups excluding carboxylic acids is 2. The van der Waals surface area contributed by atoms with Gasteiger partial charge in [0.15, 0.2) is 0 Å². The molecule has 0 saturated carbocycles. The molecule has 0 atom stereocenters. The molecule has 2 rings (SSSR count). The van der Waals surface area contributed by atoms with E-state index < -0.39 is 10.0 Å². The molecule has 1 fully saturated rings. The van der Waals surface area contributed by atoms with Crippen molar-refractivity contribution in [3.05, 3.63) is 29.8 Å². The number of sulfonamides is 1. The summed E-state index contributed by atoms with van der Waals surface area (Å²) in [4.78, 5) is 33.1. The molecule has 1 aromatic rings. The molecule has 0 aromatic heterocycles. The van der Waals surface area contributed by atoms with Crippen LogP contribution in [0, 0.1) is 5.92 Å². The fraction of sp³-hybridized carbons (Fsp3) is 0.579. The molecular weight excluding hydrogens is 398 g/mol. The monoisotopic (exact) mass is 427 g/mol. The predicted molar refractivity (Wildman–Crippen MR) is 107 cm³/mol. The number of hydroxylamine groups is 1. The van der Waals surface area contributed by atoms with Crippen molar-refractivity contribution in [1.82, 2.24) is 14.3 Å². The number of benzene rings is 1. The molecule has 10 heteroatoms. The van der Waals surface area contributed by atoms with E-state index in [4.69, 9.17) is 9.57 Å². The molecule has 162 valence electrons. The highest BCUT2D eigenvalue weighted by atomic mass is 32.2. The van der Waals surface area contributed by atoms with Gasteiger partial charge in [0.25, 0.3) is 15.9 Å². The van der Waals surface area contributed by atoms with Crippen LogP contribution in [0.25, 0.3) is 0 Å². The van der Waals surface area contributed by atoms with E-state index in [1.54, 1.807) is 15.9 Å². The number of carbonyl (C=O) groups is 2. The van der Waals surface area contributed by atoms with Gasteiger partial charge in [-0.25, -0.2) is 13.2 Å². The fourth-order valence-electron chi connectivity index (χ4n) is 2.85. The van der Waals surface area contributed by atoms with E-state index in [1.807, 2.05) is 13.8 Å². The fourth-order valence-corrected chi connectivity index (χ4v) is 3.87. The molecule has 0 aliphatic carbocycles. The largest absolute Gasteiger partial charge is 0.449 e. The van der Waals surface area contributed by atoms with E-state index in [1.165, 1.54) is 32.4 Å². The smallest absolute Gasteiger partial charge is 0.409 e. The second-order valence-electron chi connectivity index (χ2n) is 7.23. The van der Waals surface area contributed by atoms with Crippen molar-refractivity contribution < 1.29 is 27.6 Å². The highest BCUT2D eigenvalue weighted by Crippen LogP contribution is 2.18. The Kier molecular flexibility index (Phi) is 8.00. The van der Waals surface area contributed by atoms with Crippen LogP contribution in [-0.4, -0.2) is 81.6 Å². The minimum absolute atomic E-state index is 0.0265. The lowest BCUT2D eigenvalue weighted by Crippen LogP contribution is -2.38. The Labute approximate surface area is 172 Å². The molecule has 9 nitrogen and oxygen atoms in total. The summed E-state index contributed by atoms with van der Waals surface area (Å²) in [6.45, 7) is 5.99. The molecule has 0 N–H and O–H groups in total. The maximum absolute atomic E-state index is 12.9. The van der Waals surface area contributed by atoms with Crippen LogP contribution in [0.3, 0.4) is 0 Å². The van der Waals surface area contributed by atoms with Crippen LogP contribution in [0.5, 0.6) is 0 Å². The maximum Gasteiger partial charge on any atom is 0.409 e. The van der Waals surface area contributed by atoms with Crippen molar-refractivity contribution in [1.29, 1.82) is 0 Å².